The van der Waals surface area contributed by atoms with Crippen molar-refractivity contribution in [2.24, 2.45) is 0 Å². The maximum atomic E-state index is 13.4. The lowest BCUT2D eigenvalue weighted by atomic mass is 9.84. The van der Waals surface area contributed by atoms with Crippen molar-refractivity contribution in [3.05, 3.63) is 65.2 Å². The minimum Gasteiger partial charge on any atom is -0.324 e. The van der Waals surface area contributed by atoms with E-state index in [-0.39, 0.29) is 5.91 Å². The van der Waals surface area contributed by atoms with Crippen molar-refractivity contribution in [3.63, 3.8) is 0 Å². The van der Waals surface area contributed by atoms with Crippen molar-refractivity contribution in [2.45, 2.75) is 45.2 Å². The number of aryl methyl sites for hydroxylation is 2. The van der Waals surface area contributed by atoms with Crippen LogP contribution in [0.4, 0.5) is 5.69 Å². The van der Waals surface area contributed by atoms with Gasteiger partial charge in [0.1, 0.15) is 5.54 Å². The first-order chi connectivity index (χ1) is 13.3. The zero-order chi connectivity index (χ0) is 20.3. The summed E-state index contributed by atoms with van der Waals surface area (Å²) in [7, 11) is 4.06. The van der Waals surface area contributed by atoms with Crippen LogP contribution in [0.25, 0.3) is 0 Å². The van der Waals surface area contributed by atoms with Gasteiger partial charge in [0.2, 0.25) is 5.91 Å². The summed E-state index contributed by atoms with van der Waals surface area (Å²) in [6.45, 7) is 8.18. The third-order valence-electron chi connectivity index (χ3n) is 6.45. The second-order valence-corrected chi connectivity index (χ2v) is 8.27. The van der Waals surface area contributed by atoms with E-state index < -0.39 is 5.54 Å². The van der Waals surface area contributed by atoms with E-state index in [0.29, 0.717) is 6.04 Å². The number of likely N-dealkylation sites (N-methyl/N-ethyl adjacent to an activating group) is 1. The summed E-state index contributed by atoms with van der Waals surface area (Å²) in [6, 6.07) is 17.1. The van der Waals surface area contributed by atoms with E-state index in [4.69, 9.17) is 0 Å². The van der Waals surface area contributed by atoms with Gasteiger partial charge in [-0.2, -0.15) is 0 Å². The van der Waals surface area contributed by atoms with E-state index in [0.717, 1.165) is 42.7 Å². The van der Waals surface area contributed by atoms with Crippen LogP contribution < -0.4 is 5.32 Å². The van der Waals surface area contributed by atoms with Gasteiger partial charge in [-0.15, -0.1) is 0 Å². The summed E-state index contributed by atoms with van der Waals surface area (Å²) >= 11 is 0. The fourth-order valence-electron chi connectivity index (χ4n) is 4.34. The smallest absolute Gasteiger partial charge is 0.244 e. The highest BCUT2D eigenvalue weighted by Crippen LogP contribution is 2.33. The molecule has 4 nitrogen and oxygen atoms in total. The lowest BCUT2D eigenvalue weighted by Crippen LogP contribution is -2.59. The minimum absolute atomic E-state index is 0.113. The third kappa shape index (κ3) is 3.98. The number of hydrogen-bond acceptors (Lipinski definition) is 3. The van der Waals surface area contributed by atoms with Gasteiger partial charge in [0.15, 0.2) is 0 Å². The molecular weight excluding hydrogens is 346 g/mol. The molecule has 1 atom stereocenters. The molecular formula is C24H33N3O. The van der Waals surface area contributed by atoms with Gasteiger partial charge in [-0.3, -0.25) is 14.6 Å². The highest BCUT2D eigenvalue weighted by molar-refractivity contribution is 5.99. The molecule has 1 amide bonds. The normalized spacial score (nSPS) is 18.1. The molecule has 2 aromatic carbocycles. The highest BCUT2D eigenvalue weighted by atomic mass is 16.2. The number of carbonyl (C=O) groups excluding carboxylic acids is 1. The first kappa shape index (κ1) is 20.6. The van der Waals surface area contributed by atoms with Gasteiger partial charge in [0, 0.05) is 24.8 Å². The number of rotatable bonds is 5. The SMILES string of the molecule is Cc1cccc(C)c1NC(=O)C1(N(C)C)CCN(C(C)c2ccccc2)CC1. The highest BCUT2D eigenvalue weighted by Gasteiger charge is 2.44. The average molecular weight is 380 g/mol. The van der Waals surface area contributed by atoms with Crippen molar-refractivity contribution in [3.8, 4) is 0 Å². The van der Waals surface area contributed by atoms with Crippen molar-refractivity contribution < 1.29 is 4.79 Å². The molecule has 1 unspecified atom stereocenters. The molecule has 1 fully saturated rings. The van der Waals surface area contributed by atoms with E-state index >= 15 is 0 Å². The number of amides is 1. The van der Waals surface area contributed by atoms with Crippen LogP contribution in [0.2, 0.25) is 0 Å². The monoisotopic (exact) mass is 379 g/mol. The molecule has 0 radical (unpaired) electrons. The van der Waals surface area contributed by atoms with Crippen LogP contribution in [-0.2, 0) is 4.79 Å². The standard InChI is InChI=1S/C24H33N3O/c1-18-10-9-11-19(2)22(18)25-23(28)24(26(4)5)14-16-27(17-15-24)20(3)21-12-7-6-8-13-21/h6-13,20H,14-17H2,1-5H3,(H,25,28). The van der Waals surface area contributed by atoms with E-state index in [1.165, 1.54) is 5.56 Å². The zero-order valence-corrected chi connectivity index (χ0v) is 17.8. The number of carbonyl (C=O) groups is 1. The lowest BCUT2D eigenvalue weighted by molar-refractivity contribution is -0.130. The predicted molar refractivity (Wildman–Crippen MR) is 117 cm³/mol. The number of para-hydroxylation sites is 1. The van der Waals surface area contributed by atoms with E-state index in [9.17, 15) is 4.79 Å². The average Bonchev–Trinajstić information content (AvgIpc) is 2.70. The van der Waals surface area contributed by atoms with Crippen LogP contribution in [0.5, 0.6) is 0 Å². The van der Waals surface area contributed by atoms with E-state index in [1.807, 2.05) is 20.2 Å². The van der Waals surface area contributed by atoms with Crippen molar-refractivity contribution in [1.82, 2.24) is 9.80 Å². The summed E-state index contributed by atoms with van der Waals surface area (Å²) in [4.78, 5) is 18.0. The second-order valence-electron chi connectivity index (χ2n) is 8.27. The molecule has 1 aliphatic heterocycles. The van der Waals surface area contributed by atoms with Crippen LogP contribution >= 0.6 is 0 Å². The molecule has 150 valence electrons. The Morgan fingerprint density at radius 3 is 2.11 bits per heavy atom. The molecule has 4 heteroatoms. The Bertz CT molecular complexity index is 788. The molecule has 28 heavy (non-hydrogen) atoms. The quantitative estimate of drug-likeness (QED) is 0.836. The Balaban J connectivity index is 1.74. The van der Waals surface area contributed by atoms with E-state index in [1.54, 1.807) is 0 Å². The summed E-state index contributed by atoms with van der Waals surface area (Å²) in [5.74, 6) is 0.113. The summed E-state index contributed by atoms with van der Waals surface area (Å²) in [5, 5.41) is 3.25. The topological polar surface area (TPSA) is 35.6 Å². The van der Waals surface area contributed by atoms with Gasteiger partial charge in [-0.1, -0.05) is 48.5 Å². The molecule has 0 aliphatic carbocycles. The Kier molecular flexibility index (Phi) is 6.21. The maximum Gasteiger partial charge on any atom is 0.244 e. The second kappa shape index (κ2) is 8.46. The largest absolute Gasteiger partial charge is 0.324 e. The Hall–Kier alpha value is -2.17. The van der Waals surface area contributed by atoms with Gasteiger partial charge >= 0.3 is 0 Å². The molecule has 0 bridgehead atoms. The van der Waals surface area contributed by atoms with E-state index in [2.05, 4.69) is 78.4 Å². The molecule has 0 spiro atoms. The van der Waals surface area contributed by atoms with Gasteiger partial charge in [0.05, 0.1) is 0 Å². The number of likely N-dealkylation sites (tertiary alicyclic amines) is 1. The minimum atomic E-state index is -0.471. The predicted octanol–water partition coefficient (Wildman–Crippen LogP) is 4.40. The van der Waals surface area contributed by atoms with Crippen LogP contribution in [0, 0.1) is 13.8 Å². The Labute approximate surface area is 169 Å². The zero-order valence-electron chi connectivity index (χ0n) is 17.8. The number of hydrogen-bond donors (Lipinski definition) is 1. The molecule has 1 heterocycles. The fourth-order valence-corrected chi connectivity index (χ4v) is 4.34. The molecule has 3 rings (SSSR count). The Morgan fingerprint density at radius 1 is 1.00 bits per heavy atom. The number of nitrogens with one attached hydrogen (secondary N) is 1. The maximum absolute atomic E-state index is 13.4. The van der Waals surface area contributed by atoms with Gasteiger partial charge < -0.3 is 5.32 Å². The summed E-state index contributed by atoms with van der Waals surface area (Å²) < 4.78 is 0. The molecule has 1 N–H and O–H groups in total. The van der Waals surface area contributed by atoms with Crippen molar-refractivity contribution in [2.75, 3.05) is 32.5 Å². The molecule has 1 aliphatic rings. The fraction of sp³-hybridized carbons (Fsp3) is 0.458. The number of nitrogens with zero attached hydrogens (tertiary/aromatic N) is 2. The van der Waals surface area contributed by atoms with Crippen LogP contribution in [0.1, 0.15) is 42.5 Å². The lowest BCUT2D eigenvalue weighted by Gasteiger charge is -2.46. The summed E-state index contributed by atoms with van der Waals surface area (Å²) in [5.41, 5.74) is 4.03. The first-order valence-electron chi connectivity index (χ1n) is 10.2. The molecule has 2 aromatic rings. The third-order valence-corrected chi connectivity index (χ3v) is 6.45. The van der Waals surface area contributed by atoms with Gasteiger partial charge in [-0.25, -0.2) is 0 Å². The summed E-state index contributed by atoms with van der Waals surface area (Å²) in [6.07, 6.45) is 1.65. The van der Waals surface area contributed by atoms with Crippen LogP contribution in [0.3, 0.4) is 0 Å². The number of piperidine rings is 1. The van der Waals surface area contributed by atoms with Crippen LogP contribution in [-0.4, -0.2) is 48.4 Å². The molecule has 1 saturated heterocycles. The number of benzene rings is 2. The molecule has 0 aromatic heterocycles. The van der Waals surface area contributed by atoms with Crippen LogP contribution in [0.15, 0.2) is 48.5 Å². The first-order valence-corrected chi connectivity index (χ1v) is 10.2. The molecule has 0 saturated carbocycles. The van der Waals surface area contributed by atoms with Gasteiger partial charge in [0.25, 0.3) is 0 Å². The van der Waals surface area contributed by atoms with Gasteiger partial charge in [-0.05, 0) is 64.4 Å². The number of anilines is 1. The van der Waals surface area contributed by atoms with Crippen molar-refractivity contribution in [1.29, 1.82) is 0 Å². The Morgan fingerprint density at radius 2 is 1.57 bits per heavy atom. The van der Waals surface area contributed by atoms with Crippen molar-refractivity contribution >= 4 is 11.6 Å².